The van der Waals surface area contributed by atoms with Gasteiger partial charge < -0.3 is 9.84 Å². The number of benzene rings is 1. The van der Waals surface area contributed by atoms with Crippen LogP contribution in [0.4, 0.5) is 0 Å². The van der Waals surface area contributed by atoms with Gasteiger partial charge >= 0.3 is 0 Å². The summed E-state index contributed by atoms with van der Waals surface area (Å²) in [6.45, 7) is 7.66. The molecule has 0 aliphatic carbocycles. The second-order valence-electron chi connectivity index (χ2n) is 5.77. The van der Waals surface area contributed by atoms with Crippen LogP contribution >= 0.6 is 0 Å². The third-order valence-electron chi connectivity index (χ3n) is 4.08. The number of aryl methyl sites for hydroxylation is 1. The second kappa shape index (κ2) is 7.77. The molecule has 1 N–H and O–H groups in total. The molecular weight excluding hydrogens is 250 g/mol. The Hall–Kier alpha value is -0.900. The number of nitrogens with zero attached hydrogens (tertiary/aromatic N) is 1. The van der Waals surface area contributed by atoms with Crippen LogP contribution < -0.4 is 0 Å². The Balaban J connectivity index is 1.86. The number of rotatable bonds is 6. The number of ether oxygens (including phenoxy) is 1. The van der Waals surface area contributed by atoms with Gasteiger partial charge in [0.25, 0.3) is 0 Å². The first-order valence-corrected chi connectivity index (χ1v) is 7.77. The molecule has 0 bridgehead atoms. The smallest absolute Gasteiger partial charge is 0.0916 e. The van der Waals surface area contributed by atoms with Gasteiger partial charge in [0.2, 0.25) is 0 Å². The van der Waals surface area contributed by atoms with Crippen LogP contribution in [-0.2, 0) is 4.74 Å². The topological polar surface area (TPSA) is 32.7 Å². The van der Waals surface area contributed by atoms with Crippen molar-refractivity contribution in [3.8, 4) is 0 Å². The molecule has 1 aromatic rings. The van der Waals surface area contributed by atoms with E-state index in [0.717, 1.165) is 31.7 Å². The van der Waals surface area contributed by atoms with Gasteiger partial charge in [-0.15, -0.1) is 0 Å². The van der Waals surface area contributed by atoms with Gasteiger partial charge in [-0.3, -0.25) is 4.90 Å². The van der Waals surface area contributed by atoms with E-state index in [1.165, 1.54) is 18.4 Å². The Morgan fingerprint density at radius 2 is 2.05 bits per heavy atom. The summed E-state index contributed by atoms with van der Waals surface area (Å²) in [6, 6.07) is 8.15. The maximum absolute atomic E-state index is 10.4. The molecular formula is C17H27NO2. The third-order valence-corrected chi connectivity index (χ3v) is 4.08. The molecule has 20 heavy (non-hydrogen) atoms. The van der Waals surface area contributed by atoms with Crippen molar-refractivity contribution < 1.29 is 9.84 Å². The zero-order chi connectivity index (χ0) is 14.4. The van der Waals surface area contributed by atoms with Crippen molar-refractivity contribution in [3.05, 3.63) is 35.4 Å². The molecule has 2 rings (SSSR count). The molecule has 0 spiro atoms. The lowest BCUT2D eigenvalue weighted by atomic mass is 10.1. The molecule has 3 nitrogen and oxygen atoms in total. The number of likely N-dealkylation sites (N-methyl/N-ethyl adjacent to an activating group) is 1. The van der Waals surface area contributed by atoms with E-state index in [2.05, 4.69) is 30.9 Å². The second-order valence-corrected chi connectivity index (χ2v) is 5.77. The quantitative estimate of drug-likeness (QED) is 0.868. The van der Waals surface area contributed by atoms with E-state index >= 15 is 0 Å². The summed E-state index contributed by atoms with van der Waals surface area (Å²) >= 11 is 0. The van der Waals surface area contributed by atoms with Crippen LogP contribution in [-0.4, -0.2) is 42.4 Å². The number of hydrogen-bond donors (Lipinski definition) is 1. The summed E-state index contributed by atoms with van der Waals surface area (Å²) < 4.78 is 5.79. The van der Waals surface area contributed by atoms with Crippen molar-refractivity contribution in [2.24, 2.45) is 0 Å². The Morgan fingerprint density at radius 3 is 2.65 bits per heavy atom. The minimum absolute atomic E-state index is 0.342. The lowest BCUT2D eigenvalue weighted by Gasteiger charge is -2.30. The highest BCUT2D eigenvalue weighted by Crippen LogP contribution is 2.18. The number of hydrogen-bond acceptors (Lipinski definition) is 3. The average molecular weight is 277 g/mol. The molecule has 1 aliphatic heterocycles. The van der Waals surface area contributed by atoms with Crippen LogP contribution in [0, 0.1) is 6.92 Å². The Morgan fingerprint density at radius 1 is 1.30 bits per heavy atom. The predicted molar refractivity (Wildman–Crippen MR) is 81.8 cm³/mol. The normalized spacial score (nSPS) is 21.1. The SMILES string of the molecule is CCN(CC1CCCCO1)CC(O)c1ccc(C)cc1. The van der Waals surface area contributed by atoms with E-state index < -0.39 is 6.10 Å². The van der Waals surface area contributed by atoms with E-state index in [-0.39, 0.29) is 0 Å². The van der Waals surface area contributed by atoms with Crippen LogP contribution in [0.15, 0.2) is 24.3 Å². The summed E-state index contributed by atoms with van der Waals surface area (Å²) in [5, 5.41) is 10.4. The lowest BCUT2D eigenvalue weighted by molar-refractivity contribution is -0.0123. The largest absolute Gasteiger partial charge is 0.387 e. The lowest BCUT2D eigenvalue weighted by Crippen LogP contribution is -2.38. The molecule has 0 radical (unpaired) electrons. The molecule has 1 saturated heterocycles. The molecule has 2 unspecified atom stereocenters. The van der Waals surface area contributed by atoms with Gasteiger partial charge in [-0.05, 0) is 38.3 Å². The van der Waals surface area contributed by atoms with Crippen LogP contribution in [0.25, 0.3) is 0 Å². The third kappa shape index (κ3) is 4.58. The zero-order valence-electron chi connectivity index (χ0n) is 12.7. The summed E-state index contributed by atoms with van der Waals surface area (Å²) in [4.78, 5) is 2.29. The fourth-order valence-corrected chi connectivity index (χ4v) is 2.71. The van der Waals surface area contributed by atoms with Crippen LogP contribution in [0.1, 0.15) is 43.4 Å². The van der Waals surface area contributed by atoms with Crippen molar-refractivity contribution in [1.82, 2.24) is 4.90 Å². The number of aliphatic hydroxyl groups is 1. The Kier molecular flexibility index (Phi) is 6.02. The van der Waals surface area contributed by atoms with Crippen molar-refractivity contribution in [2.45, 2.75) is 45.3 Å². The summed E-state index contributed by atoms with van der Waals surface area (Å²) in [6.07, 6.45) is 3.53. The standard InChI is InChI=1S/C17H27NO2/c1-3-18(12-16-6-4-5-11-20-16)13-17(19)15-9-7-14(2)8-10-15/h7-10,16-17,19H,3-6,11-13H2,1-2H3. The van der Waals surface area contributed by atoms with Crippen molar-refractivity contribution in [2.75, 3.05) is 26.2 Å². The highest BCUT2D eigenvalue weighted by molar-refractivity contribution is 5.23. The van der Waals surface area contributed by atoms with Gasteiger partial charge in [-0.25, -0.2) is 0 Å². The molecule has 0 aromatic heterocycles. The number of aliphatic hydroxyl groups excluding tert-OH is 1. The molecule has 1 aromatic carbocycles. The molecule has 2 atom stereocenters. The maximum Gasteiger partial charge on any atom is 0.0916 e. The van der Waals surface area contributed by atoms with Crippen molar-refractivity contribution in [1.29, 1.82) is 0 Å². The first-order valence-electron chi connectivity index (χ1n) is 7.77. The summed E-state index contributed by atoms with van der Waals surface area (Å²) in [7, 11) is 0. The van der Waals surface area contributed by atoms with E-state index in [1.54, 1.807) is 0 Å². The molecule has 1 fully saturated rings. The van der Waals surface area contributed by atoms with Crippen LogP contribution in [0.5, 0.6) is 0 Å². The molecule has 1 heterocycles. The van der Waals surface area contributed by atoms with Gasteiger partial charge in [0.05, 0.1) is 12.2 Å². The van der Waals surface area contributed by atoms with Gasteiger partial charge in [0.1, 0.15) is 0 Å². The van der Waals surface area contributed by atoms with E-state index in [4.69, 9.17) is 4.74 Å². The minimum Gasteiger partial charge on any atom is -0.387 e. The highest BCUT2D eigenvalue weighted by Gasteiger charge is 2.19. The highest BCUT2D eigenvalue weighted by atomic mass is 16.5. The monoisotopic (exact) mass is 277 g/mol. The predicted octanol–water partition coefficient (Wildman–Crippen LogP) is 2.92. The van der Waals surface area contributed by atoms with Gasteiger partial charge in [0.15, 0.2) is 0 Å². The first kappa shape index (κ1) is 15.5. The van der Waals surface area contributed by atoms with E-state index in [9.17, 15) is 5.11 Å². The average Bonchev–Trinajstić information content (AvgIpc) is 2.48. The molecule has 3 heteroatoms. The van der Waals surface area contributed by atoms with E-state index in [1.807, 2.05) is 12.1 Å². The Labute approximate surface area is 122 Å². The van der Waals surface area contributed by atoms with E-state index in [0.29, 0.717) is 12.6 Å². The summed E-state index contributed by atoms with van der Waals surface area (Å²) in [5.74, 6) is 0. The fourth-order valence-electron chi connectivity index (χ4n) is 2.71. The van der Waals surface area contributed by atoms with Gasteiger partial charge in [0, 0.05) is 19.7 Å². The fraction of sp³-hybridized carbons (Fsp3) is 0.647. The Bertz CT molecular complexity index is 384. The van der Waals surface area contributed by atoms with Crippen LogP contribution in [0.3, 0.4) is 0 Å². The van der Waals surface area contributed by atoms with Crippen molar-refractivity contribution in [3.63, 3.8) is 0 Å². The molecule has 1 aliphatic rings. The first-order chi connectivity index (χ1) is 9.69. The van der Waals surface area contributed by atoms with Gasteiger partial charge in [-0.1, -0.05) is 36.8 Å². The summed E-state index contributed by atoms with van der Waals surface area (Å²) in [5.41, 5.74) is 2.22. The molecule has 0 amide bonds. The maximum atomic E-state index is 10.4. The van der Waals surface area contributed by atoms with Gasteiger partial charge in [-0.2, -0.15) is 0 Å². The molecule has 112 valence electrons. The zero-order valence-corrected chi connectivity index (χ0v) is 12.7. The van der Waals surface area contributed by atoms with Crippen LogP contribution in [0.2, 0.25) is 0 Å². The molecule has 0 saturated carbocycles. The minimum atomic E-state index is -0.417. The van der Waals surface area contributed by atoms with Crippen molar-refractivity contribution >= 4 is 0 Å².